The largest absolute Gasteiger partial charge is 0.497 e. The number of rotatable bonds is 7. The molecule has 8 nitrogen and oxygen atoms in total. The summed E-state index contributed by atoms with van der Waals surface area (Å²) in [6.07, 6.45) is 2.97. The minimum atomic E-state index is -1.06. The summed E-state index contributed by atoms with van der Waals surface area (Å²) in [5, 5.41) is 5.64. The summed E-state index contributed by atoms with van der Waals surface area (Å²) in [4.78, 5) is 37.0. The molecular formula is C20H28N2O6. The van der Waals surface area contributed by atoms with E-state index in [4.69, 9.17) is 14.2 Å². The predicted octanol–water partition coefficient (Wildman–Crippen LogP) is 2.47. The first-order chi connectivity index (χ1) is 13.4. The molecule has 2 rings (SSSR count). The maximum absolute atomic E-state index is 13.2. The molecule has 1 fully saturated rings. The average molecular weight is 392 g/mol. The average Bonchev–Trinajstić information content (AvgIpc) is 2.73. The van der Waals surface area contributed by atoms with Crippen molar-refractivity contribution in [2.45, 2.75) is 50.1 Å². The fraction of sp³-hybridized carbons (Fsp3) is 0.550. The van der Waals surface area contributed by atoms with Crippen LogP contribution >= 0.6 is 0 Å². The first-order valence-corrected chi connectivity index (χ1v) is 9.32. The molecule has 1 atom stereocenters. The quantitative estimate of drug-likeness (QED) is 0.691. The Balaban J connectivity index is 2.28. The van der Waals surface area contributed by atoms with Crippen LogP contribution in [0.3, 0.4) is 0 Å². The van der Waals surface area contributed by atoms with Crippen molar-refractivity contribution in [2.24, 2.45) is 0 Å². The number of hydrogen-bond donors (Lipinski definition) is 2. The first kappa shape index (κ1) is 21.5. The van der Waals surface area contributed by atoms with Gasteiger partial charge in [-0.25, -0.2) is 4.79 Å². The second-order valence-electron chi connectivity index (χ2n) is 6.84. The Morgan fingerprint density at radius 3 is 2.39 bits per heavy atom. The van der Waals surface area contributed by atoms with Crippen LogP contribution in [-0.2, 0) is 19.1 Å². The molecule has 2 amide bonds. The Morgan fingerprint density at radius 1 is 1.07 bits per heavy atom. The van der Waals surface area contributed by atoms with E-state index in [1.807, 2.05) is 0 Å². The zero-order valence-electron chi connectivity index (χ0n) is 16.6. The Kier molecular flexibility index (Phi) is 7.66. The van der Waals surface area contributed by atoms with Crippen molar-refractivity contribution in [1.29, 1.82) is 0 Å². The van der Waals surface area contributed by atoms with Gasteiger partial charge < -0.3 is 24.8 Å². The number of carbonyl (C=O) groups is 3. The van der Waals surface area contributed by atoms with Crippen molar-refractivity contribution in [3.63, 3.8) is 0 Å². The van der Waals surface area contributed by atoms with Gasteiger partial charge in [-0.3, -0.25) is 9.59 Å². The van der Waals surface area contributed by atoms with Crippen molar-refractivity contribution in [3.05, 3.63) is 29.8 Å². The zero-order chi connectivity index (χ0) is 20.6. The predicted molar refractivity (Wildman–Crippen MR) is 102 cm³/mol. The molecule has 1 aromatic carbocycles. The molecule has 1 saturated carbocycles. The van der Waals surface area contributed by atoms with E-state index < -0.39 is 23.6 Å². The van der Waals surface area contributed by atoms with Crippen molar-refractivity contribution < 1.29 is 28.6 Å². The van der Waals surface area contributed by atoms with E-state index in [1.54, 1.807) is 31.4 Å². The molecular weight excluding hydrogens is 364 g/mol. The SMILES string of the molecule is COC(=O)CC(NC(=O)C1(NC(=O)OC)CCCCC1)c1cccc(OC)c1. The van der Waals surface area contributed by atoms with Gasteiger partial charge in [0, 0.05) is 0 Å². The Morgan fingerprint density at radius 2 is 1.79 bits per heavy atom. The number of amides is 2. The third-order valence-electron chi connectivity index (χ3n) is 5.07. The summed E-state index contributed by atoms with van der Waals surface area (Å²) >= 11 is 0. The number of esters is 1. The van der Waals surface area contributed by atoms with E-state index in [2.05, 4.69) is 10.6 Å². The molecule has 154 valence electrons. The number of hydrogen-bond acceptors (Lipinski definition) is 6. The van der Waals surface area contributed by atoms with Crippen LogP contribution in [0.2, 0.25) is 0 Å². The zero-order valence-corrected chi connectivity index (χ0v) is 16.6. The van der Waals surface area contributed by atoms with Gasteiger partial charge in [-0.05, 0) is 30.5 Å². The summed E-state index contributed by atoms with van der Waals surface area (Å²) in [6.45, 7) is 0. The van der Waals surface area contributed by atoms with Gasteiger partial charge in [0.05, 0.1) is 33.8 Å². The van der Waals surface area contributed by atoms with Gasteiger partial charge in [0.1, 0.15) is 11.3 Å². The number of benzene rings is 1. The van der Waals surface area contributed by atoms with Crippen LogP contribution in [0.25, 0.3) is 0 Å². The summed E-state index contributed by atoms with van der Waals surface area (Å²) in [7, 11) is 4.11. The molecule has 0 radical (unpaired) electrons. The summed E-state index contributed by atoms with van der Waals surface area (Å²) < 4.78 is 14.7. The normalized spacial score (nSPS) is 16.4. The summed E-state index contributed by atoms with van der Waals surface area (Å²) in [6, 6.07) is 6.51. The molecule has 1 aliphatic carbocycles. The van der Waals surface area contributed by atoms with Crippen LogP contribution in [0.4, 0.5) is 4.79 Å². The number of ether oxygens (including phenoxy) is 3. The lowest BCUT2D eigenvalue weighted by atomic mass is 9.80. The van der Waals surface area contributed by atoms with Crippen LogP contribution in [0, 0.1) is 0 Å². The highest BCUT2D eigenvalue weighted by molar-refractivity contribution is 5.90. The highest BCUT2D eigenvalue weighted by Crippen LogP contribution is 2.30. The standard InChI is InChI=1S/C20H28N2O6/c1-26-15-9-7-8-14(12-15)16(13-17(23)27-2)21-18(24)20(22-19(25)28-3)10-5-4-6-11-20/h7-9,12,16H,4-6,10-11,13H2,1-3H3,(H,21,24)(H,22,25). The van der Waals surface area contributed by atoms with Gasteiger partial charge >= 0.3 is 12.1 Å². The van der Waals surface area contributed by atoms with Crippen LogP contribution in [0.5, 0.6) is 5.75 Å². The molecule has 1 unspecified atom stereocenters. The van der Waals surface area contributed by atoms with E-state index in [1.165, 1.54) is 14.2 Å². The second-order valence-corrected chi connectivity index (χ2v) is 6.84. The molecule has 0 heterocycles. The molecule has 2 N–H and O–H groups in total. The van der Waals surface area contributed by atoms with E-state index in [0.29, 0.717) is 24.2 Å². The second kappa shape index (κ2) is 9.96. The summed E-state index contributed by atoms with van der Waals surface area (Å²) in [5.41, 5.74) is -0.347. The molecule has 0 aliphatic heterocycles. The molecule has 1 aliphatic rings. The van der Waals surface area contributed by atoms with Crippen molar-refractivity contribution in [1.82, 2.24) is 10.6 Å². The van der Waals surface area contributed by atoms with Gasteiger partial charge in [0.25, 0.3) is 0 Å². The minimum Gasteiger partial charge on any atom is -0.497 e. The Hall–Kier alpha value is -2.77. The fourth-order valence-electron chi connectivity index (χ4n) is 3.47. The highest BCUT2D eigenvalue weighted by Gasteiger charge is 2.42. The lowest BCUT2D eigenvalue weighted by molar-refractivity contribution is -0.141. The monoisotopic (exact) mass is 392 g/mol. The topological polar surface area (TPSA) is 103 Å². The van der Waals surface area contributed by atoms with E-state index in [-0.39, 0.29) is 12.3 Å². The Labute approximate surface area is 164 Å². The Bertz CT molecular complexity index is 700. The van der Waals surface area contributed by atoms with Gasteiger partial charge in [-0.2, -0.15) is 0 Å². The van der Waals surface area contributed by atoms with Crippen LogP contribution in [0.1, 0.15) is 50.1 Å². The lowest BCUT2D eigenvalue weighted by Crippen LogP contribution is -2.60. The van der Waals surface area contributed by atoms with Gasteiger partial charge in [-0.1, -0.05) is 31.4 Å². The smallest absolute Gasteiger partial charge is 0.407 e. The third-order valence-corrected chi connectivity index (χ3v) is 5.07. The maximum atomic E-state index is 13.2. The van der Waals surface area contributed by atoms with Crippen LogP contribution < -0.4 is 15.4 Å². The van der Waals surface area contributed by atoms with Crippen molar-refractivity contribution in [3.8, 4) is 5.75 Å². The molecule has 28 heavy (non-hydrogen) atoms. The van der Waals surface area contributed by atoms with Gasteiger partial charge in [0.15, 0.2) is 0 Å². The van der Waals surface area contributed by atoms with Crippen LogP contribution in [0.15, 0.2) is 24.3 Å². The number of nitrogens with one attached hydrogen (secondary N) is 2. The molecule has 0 bridgehead atoms. The van der Waals surface area contributed by atoms with Crippen molar-refractivity contribution >= 4 is 18.0 Å². The summed E-state index contributed by atoms with van der Waals surface area (Å²) in [5.74, 6) is -0.178. The number of methoxy groups -OCH3 is 3. The highest BCUT2D eigenvalue weighted by atomic mass is 16.5. The molecule has 0 saturated heterocycles. The third kappa shape index (κ3) is 5.37. The van der Waals surface area contributed by atoms with E-state index in [0.717, 1.165) is 19.3 Å². The van der Waals surface area contributed by atoms with Crippen molar-refractivity contribution in [2.75, 3.05) is 21.3 Å². The first-order valence-electron chi connectivity index (χ1n) is 9.32. The molecule has 0 aromatic heterocycles. The van der Waals surface area contributed by atoms with Crippen LogP contribution in [-0.4, -0.2) is 44.8 Å². The number of carbonyl (C=O) groups excluding carboxylic acids is 3. The molecule has 8 heteroatoms. The van der Waals surface area contributed by atoms with E-state index >= 15 is 0 Å². The number of alkyl carbamates (subject to hydrolysis) is 1. The van der Waals surface area contributed by atoms with E-state index in [9.17, 15) is 14.4 Å². The molecule has 0 spiro atoms. The lowest BCUT2D eigenvalue weighted by Gasteiger charge is -2.37. The minimum absolute atomic E-state index is 0.0380. The maximum Gasteiger partial charge on any atom is 0.407 e. The van der Waals surface area contributed by atoms with Gasteiger partial charge in [0.2, 0.25) is 5.91 Å². The van der Waals surface area contributed by atoms with Gasteiger partial charge in [-0.15, -0.1) is 0 Å². The fourth-order valence-corrected chi connectivity index (χ4v) is 3.47. The molecule has 1 aromatic rings.